The van der Waals surface area contributed by atoms with Gasteiger partial charge in [-0.25, -0.2) is 4.83 Å². The lowest BCUT2D eigenvalue weighted by molar-refractivity contribution is 0.584. The van der Waals surface area contributed by atoms with E-state index in [9.17, 15) is 8.42 Å². The molecule has 2 rings (SSSR count). The second-order valence-corrected chi connectivity index (χ2v) is 7.12. The van der Waals surface area contributed by atoms with Crippen LogP contribution < -0.4 is 4.83 Å². The van der Waals surface area contributed by atoms with Crippen molar-refractivity contribution in [2.24, 2.45) is 12.1 Å². The molecule has 1 heterocycles. The smallest absolute Gasteiger partial charge is 0.276 e. The van der Waals surface area contributed by atoms with Crippen LogP contribution in [-0.4, -0.2) is 19.2 Å². The van der Waals surface area contributed by atoms with Crippen LogP contribution in [0.3, 0.4) is 0 Å². The van der Waals surface area contributed by atoms with Gasteiger partial charge < -0.3 is 4.57 Å². The van der Waals surface area contributed by atoms with Crippen LogP contribution in [0.2, 0.25) is 0 Å². The van der Waals surface area contributed by atoms with Gasteiger partial charge in [-0.05, 0) is 37.3 Å². The van der Waals surface area contributed by atoms with Crippen molar-refractivity contribution in [2.75, 3.05) is 0 Å². The summed E-state index contributed by atoms with van der Waals surface area (Å²) < 4.78 is 26.6. The second-order valence-electron chi connectivity index (χ2n) is 4.55. The van der Waals surface area contributed by atoms with E-state index in [0.717, 1.165) is 10.2 Å². The molecule has 0 fully saturated rings. The zero-order valence-corrected chi connectivity index (χ0v) is 14.3. The van der Waals surface area contributed by atoms with Crippen molar-refractivity contribution in [3.8, 4) is 6.07 Å². The van der Waals surface area contributed by atoms with Crippen molar-refractivity contribution in [1.82, 2.24) is 9.40 Å². The van der Waals surface area contributed by atoms with Crippen LogP contribution in [0.4, 0.5) is 0 Å². The van der Waals surface area contributed by atoms with E-state index in [2.05, 4.69) is 31.9 Å². The molecular weight excluding hydrogens is 368 g/mol. The van der Waals surface area contributed by atoms with Crippen LogP contribution in [0, 0.1) is 18.3 Å². The number of aromatic nitrogens is 1. The number of sulfonamides is 1. The minimum absolute atomic E-state index is 0.121. The Morgan fingerprint density at radius 2 is 2.00 bits per heavy atom. The number of hydrogen-bond donors (Lipinski definition) is 1. The molecule has 0 saturated carbocycles. The summed E-state index contributed by atoms with van der Waals surface area (Å²) in [6.07, 6.45) is 1.38. The van der Waals surface area contributed by atoms with Gasteiger partial charge in [0.2, 0.25) is 0 Å². The van der Waals surface area contributed by atoms with Gasteiger partial charge in [0.25, 0.3) is 10.0 Å². The zero-order valence-electron chi connectivity index (χ0n) is 11.9. The van der Waals surface area contributed by atoms with Gasteiger partial charge in [0.1, 0.15) is 11.8 Å². The minimum Gasteiger partial charge on any atom is -0.339 e. The molecule has 8 heteroatoms. The predicted molar refractivity (Wildman–Crippen MR) is 86.9 cm³/mol. The zero-order chi connectivity index (χ0) is 16.3. The fourth-order valence-electron chi connectivity index (χ4n) is 1.79. The lowest BCUT2D eigenvalue weighted by Crippen LogP contribution is -2.18. The maximum absolute atomic E-state index is 12.0. The molecule has 0 bridgehead atoms. The summed E-state index contributed by atoms with van der Waals surface area (Å²) in [6.45, 7) is 1.82. The van der Waals surface area contributed by atoms with Crippen LogP contribution in [0.15, 0.2) is 44.8 Å². The van der Waals surface area contributed by atoms with Gasteiger partial charge in [-0.3, -0.25) is 0 Å². The summed E-state index contributed by atoms with van der Waals surface area (Å²) in [4.78, 5) is 2.27. The first kappa shape index (κ1) is 16.3. The van der Waals surface area contributed by atoms with Crippen molar-refractivity contribution in [1.29, 1.82) is 5.26 Å². The fraction of sp³-hybridized carbons (Fsp3) is 0.143. The summed E-state index contributed by atoms with van der Waals surface area (Å²) in [6, 6.07) is 9.92. The van der Waals surface area contributed by atoms with E-state index in [0.29, 0.717) is 11.3 Å². The largest absolute Gasteiger partial charge is 0.339 e. The SMILES string of the molecule is Cc1c(/C=N\NS(=O)(=O)c2ccc(Br)cc2)cc(C#N)n1C. The average Bonchev–Trinajstić information content (AvgIpc) is 2.75. The third-order valence-corrected chi connectivity index (χ3v) is 4.96. The number of nitriles is 1. The molecule has 0 unspecified atom stereocenters. The Hall–Kier alpha value is -2.11. The van der Waals surface area contributed by atoms with Crippen LogP contribution in [0.25, 0.3) is 0 Å². The minimum atomic E-state index is -3.71. The maximum Gasteiger partial charge on any atom is 0.276 e. The number of hydrogen-bond acceptors (Lipinski definition) is 4. The second kappa shape index (κ2) is 6.34. The van der Waals surface area contributed by atoms with Crippen LogP contribution >= 0.6 is 15.9 Å². The van der Waals surface area contributed by atoms with Crippen molar-refractivity contribution in [3.63, 3.8) is 0 Å². The normalized spacial score (nSPS) is 11.5. The average molecular weight is 381 g/mol. The number of benzene rings is 1. The van der Waals surface area contributed by atoms with Crippen molar-refractivity contribution < 1.29 is 8.42 Å². The van der Waals surface area contributed by atoms with Gasteiger partial charge in [-0.1, -0.05) is 15.9 Å². The summed E-state index contributed by atoms with van der Waals surface area (Å²) in [5.41, 5.74) is 1.98. The molecule has 0 aliphatic heterocycles. The lowest BCUT2D eigenvalue weighted by Gasteiger charge is -2.03. The molecule has 1 aromatic carbocycles. The number of nitrogens with one attached hydrogen (secondary N) is 1. The Bertz CT molecular complexity index is 861. The van der Waals surface area contributed by atoms with Gasteiger partial charge in [0, 0.05) is 22.8 Å². The highest BCUT2D eigenvalue weighted by Gasteiger charge is 2.12. The van der Waals surface area contributed by atoms with Crippen molar-refractivity contribution in [3.05, 3.63) is 51.8 Å². The summed E-state index contributed by atoms with van der Waals surface area (Å²) in [5, 5.41) is 12.7. The lowest BCUT2D eigenvalue weighted by atomic mass is 10.3. The Labute approximate surface area is 137 Å². The molecule has 0 saturated heterocycles. The summed E-state index contributed by atoms with van der Waals surface area (Å²) >= 11 is 3.25. The molecule has 0 aliphatic carbocycles. The Morgan fingerprint density at radius 3 is 2.55 bits per heavy atom. The molecular formula is C14H13BrN4O2S. The highest BCUT2D eigenvalue weighted by atomic mass is 79.9. The monoisotopic (exact) mass is 380 g/mol. The Morgan fingerprint density at radius 1 is 1.36 bits per heavy atom. The number of nitrogens with zero attached hydrogens (tertiary/aromatic N) is 3. The topological polar surface area (TPSA) is 87.2 Å². The molecule has 6 nitrogen and oxygen atoms in total. The van der Waals surface area contributed by atoms with E-state index in [1.807, 2.05) is 6.92 Å². The Kier molecular flexibility index (Phi) is 4.68. The summed E-state index contributed by atoms with van der Waals surface area (Å²) in [7, 11) is -1.95. The van der Waals surface area contributed by atoms with Gasteiger partial charge in [-0.2, -0.15) is 18.8 Å². The molecule has 0 spiro atoms. The first-order valence-corrected chi connectivity index (χ1v) is 8.49. The third kappa shape index (κ3) is 3.37. The Balaban J connectivity index is 2.19. The molecule has 0 radical (unpaired) electrons. The van der Waals surface area contributed by atoms with Gasteiger partial charge in [0.05, 0.1) is 11.1 Å². The molecule has 1 N–H and O–H groups in total. The number of halogens is 1. The molecule has 0 aliphatic rings. The highest BCUT2D eigenvalue weighted by Crippen LogP contribution is 2.15. The van der Waals surface area contributed by atoms with E-state index in [-0.39, 0.29) is 4.90 Å². The molecule has 0 atom stereocenters. The number of hydrazone groups is 1. The van der Waals surface area contributed by atoms with Crippen molar-refractivity contribution >= 4 is 32.2 Å². The van der Waals surface area contributed by atoms with Crippen molar-refractivity contribution in [2.45, 2.75) is 11.8 Å². The van der Waals surface area contributed by atoms with Gasteiger partial charge >= 0.3 is 0 Å². The molecule has 114 valence electrons. The third-order valence-electron chi connectivity index (χ3n) is 3.19. The van der Waals surface area contributed by atoms with Crippen LogP contribution in [0.5, 0.6) is 0 Å². The first-order valence-electron chi connectivity index (χ1n) is 6.22. The van der Waals surface area contributed by atoms with E-state index in [1.165, 1.54) is 18.3 Å². The van der Waals surface area contributed by atoms with E-state index in [4.69, 9.17) is 5.26 Å². The van der Waals surface area contributed by atoms with Crippen LogP contribution in [0.1, 0.15) is 17.0 Å². The van der Waals surface area contributed by atoms with Gasteiger partial charge in [0.15, 0.2) is 0 Å². The standard InChI is InChI=1S/C14H13BrN4O2S/c1-10-11(7-13(8-16)19(10)2)9-17-18-22(20,21)14-5-3-12(15)4-6-14/h3-7,9,18H,1-2H3/b17-9-. The summed E-state index contributed by atoms with van der Waals surface area (Å²) in [5.74, 6) is 0. The van der Waals surface area contributed by atoms with E-state index >= 15 is 0 Å². The predicted octanol–water partition coefficient (Wildman–Crippen LogP) is 2.28. The molecule has 22 heavy (non-hydrogen) atoms. The van der Waals surface area contributed by atoms with Gasteiger partial charge in [-0.15, -0.1) is 0 Å². The fourth-order valence-corrected chi connectivity index (χ4v) is 2.85. The maximum atomic E-state index is 12.0. The van der Waals surface area contributed by atoms with E-state index in [1.54, 1.807) is 29.8 Å². The van der Waals surface area contributed by atoms with E-state index < -0.39 is 10.0 Å². The first-order chi connectivity index (χ1) is 10.3. The molecule has 2 aromatic rings. The quantitative estimate of drug-likeness (QED) is 0.651. The van der Waals surface area contributed by atoms with Crippen LogP contribution in [-0.2, 0) is 17.1 Å². The number of rotatable bonds is 4. The highest BCUT2D eigenvalue weighted by molar-refractivity contribution is 9.10. The molecule has 1 aromatic heterocycles. The molecule has 0 amide bonds.